The van der Waals surface area contributed by atoms with Crippen LogP contribution in [0.1, 0.15) is 36.0 Å². The first-order valence-corrected chi connectivity index (χ1v) is 7.58. The van der Waals surface area contributed by atoms with Crippen molar-refractivity contribution < 1.29 is 15.0 Å². The summed E-state index contributed by atoms with van der Waals surface area (Å²) in [6, 6.07) is 3.92. The van der Waals surface area contributed by atoms with Crippen molar-refractivity contribution in [1.82, 2.24) is 10.2 Å². The van der Waals surface area contributed by atoms with E-state index in [9.17, 15) is 15.0 Å². The van der Waals surface area contributed by atoms with Crippen LogP contribution in [0.3, 0.4) is 0 Å². The molecule has 0 radical (unpaired) electrons. The molecule has 0 aliphatic carbocycles. The number of carbonyl (C=O) groups excluding carboxylic acids is 1. The maximum Gasteiger partial charge on any atom is 0.253 e. The standard InChI is InChI=1S/C15H19ClN2O3/c1-18-9-2-3-10(18)7-8(6-9)17-15(21)11-4-5-12(19)14(20)13(11)16/h4-5,8-10,19-20H,2-3,6-7H2,1H3,(H,17,21)/t8?,9-,10+. The average Bonchev–Trinajstić information content (AvgIpc) is 2.67. The number of hydrogen-bond acceptors (Lipinski definition) is 4. The van der Waals surface area contributed by atoms with Crippen LogP contribution >= 0.6 is 11.6 Å². The summed E-state index contributed by atoms with van der Waals surface area (Å²) in [5.41, 5.74) is 0.193. The lowest BCUT2D eigenvalue weighted by atomic mass is 9.97. The monoisotopic (exact) mass is 310 g/mol. The fourth-order valence-corrected chi connectivity index (χ4v) is 3.77. The highest BCUT2D eigenvalue weighted by molar-refractivity contribution is 6.35. The number of fused-ring (bicyclic) bond motifs is 2. The van der Waals surface area contributed by atoms with Crippen molar-refractivity contribution in [3.8, 4) is 11.5 Å². The Morgan fingerprint density at radius 2 is 1.90 bits per heavy atom. The largest absolute Gasteiger partial charge is 0.504 e. The zero-order valence-corrected chi connectivity index (χ0v) is 12.6. The Labute approximate surface area is 128 Å². The van der Waals surface area contributed by atoms with Crippen LogP contribution in [0.4, 0.5) is 0 Å². The van der Waals surface area contributed by atoms with Crippen molar-refractivity contribution in [3.05, 3.63) is 22.7 Å². The number of carbonyl (C=O) groups is 1. The van der Waals surface area contributed by atoms with Crippen molar-refractivity contribution in [2.24, 2.45) is 0 Å². The van der Waals surface area contributed by atoms with Gasteiger partial charge in [0.1, 0.15) is 0 Å². The van der Waals surface area contributed by atoms with E-state index in [-0.39, 0.29) is 28.3 Å². The molecule has 1 aromatic carbocycles. The first-order chi connectivity index (χ1) is 9.97. The molecule has 2 heterocycles. The Hall–Kier alpha value is -1.46. The van der Waals surface area contributed by atoms with Crippen LogP contribution in [0, 0.1) is 0 Å². The summed E-state index contributed by atoms with van der Waals surface area (Å²) in [5, 5.41) is 21.9. The Morgan fingerprint density at radius 1 is 1.29 bits per heavy atom. The molecule has 0 saturated carbocycles. The molecule has 114 valence electrons. The molecular formula is C15H19ClN2O3. The number of piperidine rings is 1. The molecule has 3 rings (SSSR count). The number of aromatic hydroxyl groups is 2. The van der Waals surface area contributed by atoms with Gasteiger partial charge in [-0.15, -0.1) is 0 Å². The molecule has 2 bridgehead atoms. The van der Waals surface area contributed by atoms with Gasteiger partial charge in [0.25, 0.3) is 5.91 Å². The molecule has 3 atom stereocenters. The Morgan fingerprint density at radius 3 is 2.52 bits per heavy atom. The number of halogens is 1. The molecule has 0 aromatic heterocycles. The minimum atomic E-state index is -0.451. The minimum Gasteiger partial charge on any atom is -0.504 e. The fourth-order valence-electron chi connectivity index (χ4n) is 3.52. The second kappa shape index (κ2) is 5.39. The maximum absolute atomic E-state index is 12.3. The highest BCUT2D eigenvalue weighted by atomic mass is 35.5. The molecule has 6 heteroatoms. The van der Waals surface area contributed by atoms with Crippen molar-refractivity contribution in [3.63, 3.8) is 0 Å². The molecule has 21 heavy (non-hydrogen) atoms. The van der Waals surface area contributed by atoms with Crippen LogP contribution in [0.5, 0.6) is 11.5 Å². The summed E-state index contributed by atoms with van der Waals surface area (Å²) >= 11 is 5.92. The van der Waals surface area contributed by atoms with Crippen LogP contribution in [-0.4, -0.2) is 46.2 Å². The van der Waals surface area contributed by atoms with Gasteiger partial charge in [0.15, 0.2) is 11.5 Å². The molecule has 5 nitrogen and oxygen atoms in total. The van der Waals surface area contributed by atoms with Gasteiger partial charge in [-0.2, -0.15) is 0 Å². The molecule has 2 saturated heterocycles. The van der Waals surface area contributed by atoms with Gasteiger partial charge in [-0.1, -0.05) is 11.6 Å². The summed E-state index contributed by atoms with van der Waals surface area (Å²) in [6.45, 7) is 0. The topological polar surface area (TPSA) is 72.8 Å². The van der Waals surface area contributed by atoms with E-state index in [1.165, 1.54) is 25.0 Å². The second-order valence-electron chi connectivity index (χ2n) is 5.99. The van der Waals surface area contributed by atoms with E-state index in [1.807, 2.05) is 0 Å². The first kappa shape index (κ1) is 14.5. The average molecular weight is 311 g/mol. The molecule has 1 aromatic rings. The predicted octanol–water partition coefficient (Wildman–Crippen LogP) is 2.11. The van der Waals surface area contributed by atoms with Crippen LogP contribution in [0.15, 0.2) is 12.1 Å². The second-order valence-corrected chi connectivity index (χ2v) is 6.37. The molecule has 3 N–H and O–H groups in total. The number of rotatable bonds is 2. The Bertz CT molecular complexity index is 564. The number of benzene rings is 1. The van der Waals surface area contributed by atoms with Crippen LogP contribution in [-0.2, 0) is 0 Å². The fraction of sp³-hybridized carbons (Fsp3) is 0.533. The third kappa shape index (κ3) is 2.56. The lowest BCUT2D eigenvalue weighted by molar-refractivity contribution is 0.0882. The number of phenols is 2. The van der Waals surface area contributed by atoms with Gasteiger partial charge in [0.05, 0.1) is 10.6 Å². The Balaban J connectivity index is 1.72. The van der Waals surface area contributed by atoms with E-state index in [1.54, 1.807) is 0 Å². The van der Waals surface area contributed by atoms with E-state index in [4.69, 9.17) is 11.6 Å². The van der Waals surface area contributed by atoms with Gasteiger partial charge < -0.3 is 20.4 Å². The quantitative estimate of drug-likeness (QED) is 0.732. The van der Waals surface area contributed by atoms with Gasteiger partial charge in [-0.25, -0.2) is 0 Å². The summed E-state index contributed by atoms with van der Waals surface area (Å²) in [6.07, 6.45) is 4.27. The van der Waals surface area contributed by atoms with E-state index in [0.717, 1.165) is 12.8 Å². The van der Waals surface area contributed by atoms with Gasteiger partial charge in [-0.3, -0.25) is 4.79 Å². The zero-order valence-electron chi connectivity index (χ0n) is 11.8. The third-order valence-electron chi connectivity index (χ3n) is 4.77. The van der Waals surface area contributed by atoms with Crippen LogP contribution in [0.2, 0.25) is 5.02 Å². The number of nitrogens with zero attached hydrogens (tertiary/aromatic N) is 1. The first-order valence-electron chi connectivity index (χ1n) is 7.20. The maximum atomic E-state index is 12.3. The Kier molecular flexibility index (Phi) is 3.71. The molecular weight excluding hydrogens is 292 g/mol. The minimum absolute atomic E-state index is 0.108. The lowest BCUT2D eigenvalue weighted by Gasteiger charge is -2.36. The number of nitrogens with one attached hydrogen (secondary N) is 1. The lowest BCUT2D eigenvalue weighted by Crippen LogP contribution is -2.48. The number of hydrogen-bond donors (Lipinski definition) is 3. The van der Waals surface area contributed by atoms with Gasteiger partial charge in [0, 0.05) is 18.1 Å². The van der Waals surface area contributed by atoms with Crippen LogP contribution < -0.4 is 5.32 Å². The normalized spacial score (nSPS) is 28.6. The molecule has 0 spiro atoms. The molecule has 2 aliphatic heterocycles. The van der Waals surface area contributed by atoms with E-state index in [0.29, 0.717) is 12.1 Å². The summed E-state index contributed by atoms with van der Waals surface area (Å²) in [7, 11) is 2.15. The van der Waals surface area contributed by atoms with Gasteiger partial charge in [-0.05, 0) is 44.9 Å². The van der Waals surface area contributed by atoms with E-state index in [2.05, 4.69) is 17.3 Å². The number of phenolic OH excluding ortho intramolecular Hbond substituents is 2. The summed E-state index contributed by atoms with van der Waals surface area (Å²) in [4.78, 5) is 14.7. The van der Waals surface area contributed by atoms with Gasteiger partial charge >= 0.3 is 0 Å². The third-order valence-corrected chi connectivity index (χ3v) is 5.16. The highest BCUT2D eigenvalue weighted by Gasteiger charge is 2.39. The predicted molar refractivity (Wildman–Crippen MR) is 79.8 cm³/mol. The number of amides is 1. The highest BCUT2D eigenvalue weighted by Crippen LogP contribution is 2.36. The van der Waals surface area contributed by atoms with E-state index >= 15 is 0 Å². The molecule has 2 aliphatic rings. The zero-order chi connectivity index (χ0) is 15.1. The van der Waals surface area contributed by atoms with Crippen molar-refractivity contribution in [2.45, 2.75) is 43.8 Å². The molecule has 1 amide bonds. The van der Waals surface area contributed by atoms with Crippen molar-refractivity contribution in [1.29, 1.82) is 0 Å². The molecule has 2 fully saturated rings. The summed E-state index contributed by atoms with van der Waals surface area (Å²) in [5.74, 6) is -1.08. The van der Waals surface area contributed by atoms with Crippen molar-refractivity contribution in [2.75, 3.05) is 7.05 Å². The van der Waals surface area contributed by atoms with Crippen molar-refractivity contribution >= 4 is 17.5 Å². The SMILES string of the molecule is CN1[C@@H]2CC[C@H]1CC(NC(=O)c1ccc(O)c(O)c1Cl)C2. The van der Waals surface area contributed by atoms with Crippen LogP contribution in [0.25, 0.3) is 0 Å². The smallest absolute Gasteiger partial charge is 0.253 e. The van der Waals surface area contributed by atoms with E-state index < -0.39 is 5.75 Å². The summed E-state index contributed by atoms with van der Waals surface area (Å²) < 4.78 is 0. The molecule has 1 unspecified atom stereocenters. The van der Waals surface area contributed by atoms with Gasteiger partial charge in [0.2, 0.25) is 0 Å².